The molecule has 10 heavy (non-hydrogen) atoms. The zero-order valence-electron chi connectivity index (χ0n) is 4.89. The maximum atomic E-state index is 6.89. The van der Waals surface area contributed by atoms with E-state index in [-0.39, 0.29) is 22.8 Å². The lowest BCUT2D eigenvalue weighted by molar-refractivity contribution is 0.569. The first kappa shape index (κ1) is 6.88. The molecule has 1 rings (SSSR count). The van der Waals surface area contributed by atoms with Crippen LogP contribution in [0.4, 0.5) is 6.01 Å². The Morgan fingerprint density at radius 2 is 2.30 bits per heavy atom. The van der Waals surface area contributed by atoms with Gasteiger partial charge in [0.15, 0.2) is 11.0 Å². The van der Waals surface area contributed by atoms with Gasteiger partial charge >= 0.3 is 0 Å². The largest absolute Gasteiger partial charge is 0.419 e. The van der Waals surface area contributed by atoms with Crippen molar-refractivity contribution in [2.75, 3.05) is 5.73 Å². The van der Waals surface area contributed by atoms with Crippen LogP contribution in [0.3, 0.4) is 0 Å². The van der Waals surface area contributed by atoms with E-state index in [0.29, 0.717) is 0 Å². The number of oxazole rings is 1. The van der Waals surface area contributed by atoms with Gasteiger partial charge < -0.3 is 15.9 Å². The summed E-state index contributed by atoms with van der Waals surface area (Å²) in [5, 5.41) is 6.91. The predicted molar refractivity (Wildman–Crippen MR) is 36.9 cm³/mol. The van der Waals surface area contributed by atoms with Crippen LogP contribution in [0.15, 0.2) is 4.42 Å². The third kappa shape index (κ3) is 1.03. The van der Waals surface area contributed by atoms with Gasteiger partial charge in [0.2, 0.25) is 5.76 Å². The van der Waals surface area contributed by atoms with Crippen molar-refractivity contribution >= 4 is 23.5 Å². The van der Waals surface area contributed by atoms with Crippen LogP contribution in [0.25, 0.3) is 0 Å². The summed E-state index contributed by atoms with van der Waals surface area (Å²) in [6.45, 7) is 0. The number of halogens is 1. The monoisotopic (exact) mass is 160 g/mol. The third-order valence-electron chi connectivity index (χ3n) is 0.847. The maximum Gasteiger partial charge on any atom is 0.294 e. The molecule has 0 aliphatic carbocycles. The minimum absolute atomic E-state index is 0.0131. The van der Waals surface area contributed by atoms with Crippen molar-refractivity contribution in [2.45, 2.75) is 0 Å². The van der Waals surface area contributed by atoms with Gasteiger partial charge in [-0.05, 0) is 0 Å². The molecule has 5 N–H and O–H groups in total. The van der Waals surface area contributed by atoms with Gasteiger partial charge in [0.25, 0.3) is 6.01 Å². The Hall–Kier alpha value is -1.23. The Morgan fingerprint density at radius 1 is 1.70 bits per heavy atom. The fraction of sp³-hybridized carbons (Fsp3) is 0. The molecular formula is C4H5ClN4O. The smallest absolute Gasteiger partial charge is 0.294 e. The number of rotatable bonds is 1. The number of aromatic nitrogens is 1. The topological polar surface area (TPSA) is 102 Å². The fourth-order valence-electron chi connectivity index (χ4n) is 0.483. The van der Waals surface area contributed by atoms with Crippen LogP contribution in [0.2, 0.25) is 5.15 Å². The molecule has 0 radical (unpaired) electrons. The lowest BCUT2D eigenvalue weighted by atomic mass is 10.5. The molecule has 0 saturated heterocycles. The van der Waals surface area contributed by atoms with Gasteiger partial charge in [0.05, 0.1) is 0 Å². The van der Waals surface area contributed by atoms with Gasteiger partial charge in [-0.15, -0.1) is 0 Å². The summed E-state index contributed by atoms with van der Waals surface area (Å²) in [6.07, 6.45) is 0. The van der Waals surface area contributed by atoms with E-state index >= 15 is 0 Å². The molecule has 0 unspecified atom stereocenters. The number of hydrogen-bond acceptors (Lipinski definition) is 4. The SMILES string of the molecule is N=C(N)c1oc(N)nc1Cl. The highest BCUT2D eigenvalue weighted by molar-refractivity contribution is 6.32. The van der Waals surface area contributed by atoms with E-state index < -0.39 is 0 Å². The second-order valence-electron chi connectivity index (χ2n) is 1.59. The van der Waals surface area contributed by atoms with Crippen molar-refractivity contribution in [2.24, 2.45) is 5.73 Å². The molecule has 0 atom stereocenters. The summed E-state index contributed by atoms with van der Waals surface area (Å²) in [7, 11) is 0. The summed E-state index contributed by atoms with van der Waals surface area (Å²) >= 11 is 5.43. The van der Waals surface area contributed by atoms with E-state index in [4.69, 9.17) is 28.5 Å². The summed E-state index contributed by atoms with van der Waals surface area (Å²) in [6, 6.07) is -0.0878. The number of nitrogens with two attached hydrogens (primary N) is 2. The van der Waals surface area contributed by atoms with E-state index in [2.05, 4.69) is 9.40 Å². The molecule has 5 nitrogen and oxygen atoms in total. The lowest BCUT2D eigenvalue weighted by Crippen LogP contribution is -2.10. The Bertz CT molecular complexity index is 268. The van der Waals surface area contributed by atoms with Crippen LogP contribution >= 0.6 is 11.6 Å². The van der Waals surface area contributed by atoms with Crippen molar-refractivity contribution in [3.05, 3.63) is 10.9 Å². The van der Waals surface area contributed by atoms with Crippen molar-refractivity contribution in [1.29, 1.82) is 5.41 Å². The minimum atomic E-state index is -0.283. The number of amidine groups is 1. The Balaban J connectivity index is 3.15. The van der Waals surface area contributed by atoms with Crippen LogP contribution in [-0.4, -0.2) is 10.8 Å². The van der Waals surface area contributed by atoms with Crippen molar-refractivity contribution in [1.82, 2.24) is 4.98 Å². The quantitative estimate of drug-likeness (QED) is 0.403. The molecule has 1 heterocycles. The van der Waals surface area contributed by atoms with E-state index in [1.54, 1.807) is 0 Å². The number of anilines is 1. The Labute approximate surface area is 61.5 Å². The van der Waals surface area contributed by atoms with Crippen molar-refractivity contribution in [3.63, 3.8) is 0 Å². The first-order valence-corrected chi connectivity index (χ1v) is 2.75. The average Bonchev–Trinajstić information content (AvgIpc) is 2.10. The summed E-state index contributed by atoms with van der Waals surface area (Å²) in [5.41, 5.74) is 10.1. The van der Waals surface area contributed by atoms with E-state index in [0.717, 1.165) is 0 Å². The molecule has 0 aromatic carbocycles. The number of nitrogen functional groups attached to an aromatic ring is 2. The van der Waals surface area contributed by atoms with Crippen LogP contribution < -0.4 is 11.5 Å². The summed E-state index contributed by atoms with van der Waals surface area (Å²) in [5.74, 6) is -0.270. The molecule has 0 fully saturated rings. The predicted octanol–water partition coefficient (Wildman–Crippen LogP) is 0.194. The molecule has 0 amide bonds. The van der Waals surface area contributed by atoms with Crippen LogP contribution in [0.1, 0.15) is 5.76 Å². The molecule has 1 aromatic rings. The molecule has 0 bridgehead atoms. The summed E-state index contributed by atoms with van der Waals surface area (Å²) < 4.78 is 4.66. The van der Waals surface area contributed by atoms with Crippen LogP contribution in [-0.2, 0) is 0 Å². The van der Waals surface area contributed by atoms with Gasteiger partial charge in [-0.1, -0.05) is 11.6 Å². The molecule has 0 spiro atoms. The van der Waals surface area contributed by atoms with Gasteiger partial charge in [0, 0.05) is 0 Å². The molecule has 0 saturated carbocycles. The Kier molecular flexibility index (Phi) is 1.50. The zero-order valence-corrected chi connectivity index (χ0v) is 5.64. The van der Waals surface area contributed by atoms with Crippen molar-refractivity contribution < 1.29 is 4.42 Å². The maximum absolute atomic E-state index is 6.89. The zero-order chi connectivity index (χ0) is 7.72. The van der Waals surface area contributed by atoms with E-state index in [9.17, 15) is 0 Å². The second kappa shape index (κ2) is 2.18. The lowest BCUT2D eigenvalue weighted by Gasteiger charge is -1.87. The van der Waals surface area contributed by atoms with Gasteiger partial charge in [0.1, 0.15) is 0 Å². The first-order valence-electron chi connectivity index (χ1n) is 2.37. The number of hydrogen-bond donors (Lipinski definition) is 3. The third-order valence-corrected chi connectivity index (χ3v) is 1.10. The minimum Gasteiger partial charge on any atom is -0.419 e. The van der Waals surface area contributed by atoms with Gasteiger partial charge in [-0.25, -0.2) is 0 Å². The van der Waals surface area contributed by atoms with Crippen molar-refractivity contribution in [3.8, 4) is 0 Å². The van der Waals surface area contributed by atoms with Gasteiger partial charge in [-0.2, -0.15) is 4.98 Å². The van der Waals surface area contributed by atoms with Crippen LogP contribution in [0, 0.1) is 5.41 Å². The average molecular weight is 161 g/mol. The number of nitrogens with one attached hydrogen (secondary N) is 1. The molecular weight excluding hydrogens is 156 g/mol. The molecule has 54 valence electrons. The second-order valence-corrected chi connectivity index (χ2v) is 1.94. The molecule has 6 heteroatoms. The molecule has 0 aliphatic rings. The van der Waals surface area contributed by atoms with Crippen LogP contribution in [0.5, 0.6) is 0 Å². The first-order chi connectivity index (χ1) is 4.61. The highest BCUT2D eigenvalue weighted by atomic mass is 35.5. The number of nitrogens with zero attached hydrogens (tertiary/aromatic N) is 1. The molecule has 0 aliphatic heterocycles. The normalized spacial score (nSPS) is 9.70. The molecule has 1 aromatic heterocycles. The van der Waals surface area contributed by atoms with Gasteiger partial charge in [-0.3, -0.25) is 5.41 Å². The van der Waals surface area contributed by atoms with E-state index in [1.807, 2.05) is 0 Å². The standard InChI is InChI=1S/C4H5ClN4O/c5-2-1(3(6)7)10-4(8)9-2/h(H3,6,7)(H2,8,9). The summed E-state index contributed by atoms with van der Waals surface area (Å²) in [4.78, 5) is 3.49. The highest BCUT2D eigenvalue weighted by Gasteiger charge is 2.10. The fourth-order valence-corrected chi connectivity index (χ4v) is 0.707. The highest BCUT2D eigenvalue weighted by Crippen LogP contribution is 2.16. The Morgan fingerprint density at radius 3 is 2.50 bits per heavy atom. The van der Waals surface area contributed by atoms with E-state index in [1.165, 1.54) is 0 Å².